The lowest BCUT2D eigenvalue weighted by atomic mass is 10.1. The van der Waals surface area contributed by atoms with E-state index in [2.05, 4.69) is 16.9 Å². The molecule has 0 aromatic carbocycles. The molecule has 5 nitrogen and oxygen atoms in total. The topological polar surface area (TPSA) is 88.2 Å². The Morgan fingerprint density at radius 3 is 2.78 bits per heavy atom. The minimum absolute atomic E-state index is 0.399. The molecule has 0 radical (unpaired) electrons. The number of carboxylic acid groups (broad SMARTS) is 1. The summed E-state index contributed by atoms with van der Waals surface area (Å²) in [5.74, 6) is -0.973. The van der Waals surface area contributed by atoms with Crippen LogP contribution in [-0.2, 0) is 11.2 Å². The van der Waals surface area contributed by atoms with Crippen LogP contribution < -0.4 is 11.1 Å². The number of carboxylic acids is 1. The molecule has 4 N–H and O–H groups in total. The summed E-state index contributed by atoms with van der Waals surface area (Å²) in [5.41, 5.74) is 7.43. The van der Waals surface area contributed by atoms with Gasteiger partial charge in [-0.2, -0.15) is 0 Å². The summed E-state index contributed by atoms with van der Waals surface area (Å²) in [6.07, 6.45) is 5.37. The van der Waals surface area contributed by atoms with Gasteiger partial charge >= 0.3 is 5.97 Å². The molecule has 0 aliphatic rings. The molecule has 0 aliphatic heterocycles. The van der Waals surface area contributed by atoms with Crippen LogP contribution in [0.1, 0.15) is 18.4 Å². The maximum Gasteiger partial charge on any atom is 0.320 e. The molecule has 98 valence electrons. The van der Waals surface area contributed by atoms with Gasteiger partial charge in [0, 0.05) is 24.6 Å². The monoisotopic (exact) mass is 249 g/mol. The van der Waals surface area contributed by atoms with E-state index in [-0.39, 0.29) is 0 Å². The van der Waals surface area contributed by atoms with Crippen molar-refractivity contribution in [2.75, 3.05) is 6.54 Å². The summed E-state index contributed by atoms with van der Waals surface area (Å²) >= 11 is 0. The van der Waals surface area contributed by atoms with Crippen molar-refractivity contribution in [1.29, 1.82) is 0 Å². The zero-order valence-electron chi connectivity index (χ0n) is 10.3. The zero-order chi connectivity index (χ0) is 13.4. The average molecular weight is 249 g/mol. The van der Waals surface area contributed by atoms with Crippen molar-refractivity contribution in [3.05, 3.63) is 42.4 Å². The lowest BCUT2D eigenvalue weighted by molar-refractivity contribution is -0.138. The molecule has 1 heterocycles. The fourth-order valence-corrected chi connectivity index (χ4v) is 1.47. The number of nitrogens with two attached hydrogens (primary N) is 1. The second kappa shape index (κ2) is 7.45. The number of allylic oxidation sites excluding steroid dienone is 1. The third-order valence-corrected chi connectivity index (χ3v) is 2.61. The molecule has 1 rings (SSSR count). The molecular weight excluding hydrogens is 230 g/mol. The normalized spacial score (nSPS) is 11.8. The first kappa shape index (κ1) is 14.2. The summed E-state index contributed by atoms with van der Waals surface area (Å²) in [6.45, 7) is 4.61. The predicted octanol–water partition coefficient (Wildman–Crippen LogP) is 0.920. The van der Waals surface area contributed by atoms with E-state index >= 15 is 0 Å². The van der Waals surface area contributed by atoms with Gasteiger partial charge in [0.25, 0.3) is 0 Å². The zero-order valence-corrected chi connectivity index (χ0v) is 10.3. The average Bonchev–Trinajstić information content (AvgIpc) is 2.37. The van der Waals surface area contributed by atoms with E-state index < -0.39 is 12.0 Å². The van der Waals surface area contributed by atoms with Crippen LogP contribution in [0.3, 0.4) is 0 Å². The quantitative estimate of drug-likeness (QED) is 0.637. The molecule has 0 amide bonds. The Kier molecular flexibility index (Phi) is 5.87. The predicted molar refractivity (Wildman–Crippen MR) is 69.9 cm³/mol. The molecule has 0 saturated carbocycles. The van der Waals surface area contributed by atoms with Gasteiger partial charge in [-0.05, 0) is 37.0 Å². The Hall–Kier alpha value is -1.88. The van der Waals surface area contributed by atoms with Crippen molar-refractivity contribution in [2.24, 2.45) is 5.73 Å². The van der Waals surface area contributed by atoms with E-state index in [4.69, 9.17) is 10.8 Å². The first-order chi connectivity index (χ1) is 8.59. The van der Waals surface area contributed by atoms with Crippen molar-refractivity contribution in [1.82, 2.24) is 10.3 Å². The first-order valence-corrected chi connectivity index (χ1v) is 5.88. The molecule has 0 fully saturated rings. The van der Waals surface area contributed by atoms with Crippen LogP contribution >= 0.6 is 0 Å². The van der Waals surface area contributed by atoms with Gasteiger partial charge in [-0.1, -0.05) is 6.58 Å². The van der Waals surface area contributed by atoms with Crippen molar-refractivity contribution in [3.63, 3.8) is 0 Å². The second-order valence-electron chi connectivity index (χ2n) is 4.12. The van der Waals surface area contributed by atoms with Gasteiger partial charge in [0.1, 0.15) is 6.04 Å². The number of aromatic nitrogens is 1. The van der Waals surface area contributed by atoms with Crippen LogP contribution in [0.25, 0.3) is 0 Å². The Morgan fingerprint density at radius 2 is 2.17 bits per heavy atom. The van der Waals surface area contributed by atoms with Crippen molar-refractivity contribution < 1.29 is 9.90 Å². The van der Waals surface area contributed by atoms with Crippen LogP contribution in [0.15, 0.2) is 36.8 Å². The van der Waals surface area contributed by atoms with E-state index in [9.17, 15) is 4.79 Å². The van der Waals surface area contributed by atoms with E-state index in [1.54, 1.807) is 12.4 Å². The molecule has 1 aromatic heterocycles. The fourth-order valence-electron chi connectivity index (χ4n) is 1.47. The van der Waals surface area contributed by atoms with Crippen LogP contribution in [0, 0.1) is 0 Å². The number of rotatable bonds is 8. The van der Waals surface area contributed by atoms with Gasteiger partial charge in [0.15, 0.2) is 0 Å². The van der Waals surface area contributed by atoms with Gasteiger partial charge in [-0.25, -0.2) is 0 Å². The number of nitrogens with zero attached hydrogens (tertiary/aromatic N) is 1. The Morgan fingerprint density at radius 1 is 1.50 bits per heavy atom. The van der Waals surface area contributed by atoms with Gasteiger partial charge < -0.3 is 16.2 Å². The van der Waals surface area contributed by atoms with E-state index in [0.717, 1.165) is 18.7 Å². The van der Waals surface area contributed by atoms with Crippen molar-refractivity contribution >= 4 is 5.97 Å². The molecule has 18 heavy (non-hydrogen) atoms. The van der Waals surface area contributed by atoms with Crippen molar-refractivity contribution in [2.45, 2.75) is 25.3 Å². The summed E-state index contributed by atoms with van der Waals surface area (Å²) < 4.78 is 0. The summed E-state index contributed by atoms with van der Waals surface area (Å²) in [6, 6.07) is 3.11. The highest BCUT2D eigenvalue weighted by atomic mass is 16.4. The molecule has 1 atom stereocenters. The van der Waals surface area contributed by atoms with Crippen LogP contribution in [0.2, 0.25) is 0 Å². The van der Waals surface area contributed by atoms with Crippen molar-refractivity contribution in [3.8, 4) is 0 Å². The van der Waals surface area contributed by atoms with Crippen LogP contribution in [0.5, 0.6) is 0 Å². The lowest BCUT2D eigenvalue weighted by Crippen LogP contribution is -2.30. The SMILES string of the molecule is C=C(CCC(N)C(=O)O)NCCc1ccncc1. The fraction of sp³-hybridized carbons (Fsp3) is 0.385. The molecule has 1 aromatic rings. The first-order valence-electron chi connectivity index (χ1n) is 5.88. The minimum Gasteiger partial charge on any atom is -0.480 e. The van der Waals surface area contributed by atoms with Gasteiger partial charge in [-0.15, -0.1) is 0 Å². The third-order valence-electron chi connectivity index (χ3n) is 2.61. The smallest absolute Gasteiger partial charge is 0.320 e. The van der Waals surface area contributed by atoms with Gasteiger partial charge in [0.2, 0.25) is 0 Å². The van der Waals surface area contributed by atoms with Gasteiger partial charge in [-0.3, -0.25) is 9.78 Å². The summed E-state index contributed by atoms with van der Waals surface area (Å²) in [4.78, 5) is 14.5. The maximum absolute atomic E-state index is 10.5. The lowest BCUT2D eigenvalue weighted by Gasteiger charge is -2.11. The Balaban J connectivity index is 2.16. The van der Waals surface area contributed by atoms with E-state index in [0.29, 0.717) is 12.8 Å². The molecular formula is C13H19N3O2. The van der Waals surface area contributed by atoms with Crippen LogP contribution in [0.4, 0.5) is 0 Å². The second-order valence-corrected chi connectivity index (χ2v) is 4.12. The highest BCUT2D eigenvalue weighted by Crippen LogP contribution is 2.03. The molecule has 0 aliphatic carbocycles. The van der Waals surface area contributed by atoms with E-state index in [1.165, 1.54) is 5.56 Å². The van der Waals surface area contributed by atoms with Gasteiger partial charge in [0.05, 0.1) is 0 Å². The number of nitrogens with one attached hydrogen (secondary N) is 1. The molecule has 0 bridgehead atoms. The number of hydrogen-bond donors (Lipinski definition) is 3. The number of carbonyl (C=O) groups is 1. The number of hydrogen-bond acceptors (Lipinski definition) is 4. The van der Waals surface area contributed by atoms with Crippen LogP contribution in [-0.4, -0.2) is 28.6 Å². The third kappa shape index (κ3) is 5.45. The maximum atomic E-state index is 10.5. The molecule has 0 saturated heterocycles. The van der Waals surface area contributed by atoms with E-state index in [1.807, 2.05) is 12.1 Å². The Labute approximate surface area is 107 Å². The number of aliphatic carboxylic acids is 1. The highest BCUT2D eigenvalue weighted by Gasteiger charge is 2.10. The summed E-state index contributed by atoms with van der Waals surface area (Å²) in [7, 11) is 0. The highest BCUT2D eigenvalue weighted by molar-refractivity contribution is 5.72. The molecule has 5 heteroatoms. The Bertz CT molecular complexity index is 392. The number of pyridine rings is 1. The largest absolute Gasteiger partial charge is 0.480 e. The standard InChI is InChI=1S/C13H19N3O2/c1-10(2-3-12(14)13(17)18)16-9-6-11-4-7-15-8-5-11/h4-5,7-8,12,16H,1-3,6,9,14H2,(H,17,18). The molecule has 1 unspecified atom stereocenters. The molecule has 0 spiro atoms. The minimum atomic E-state index is -0.973. The summed E-state index contributed by atoms with van der Waals surface area (Å²) in [5, 5.41) is 11.8.